The molecule has 0 aromatic heterocycles. The van der Waals surface area contributed by atoms with E-state index < -0.39 is 0 Å². The number of rotatable bonds is 5. The van der Waals surface area contributed by atoms with Crippen LogP contribution in [-0.2, 0) is 0 Å². The van der Waals surface area contributed by atoms with Crippen molar-refractivity contribution in [3.63, 3.8) is 0 Å². The first-order chi connectivity index (χ1) is 5.68. The smallest absolute Gasteiger partial charge is 0.346 e. The molecule has 0 bridgehead atoms. The highest BCUT2D eigenvalue weighted by molar-refractivity contribution is 9.23. The van der Waals surface area contributed by atoms with Crippen LogP contribution < -0.4 is 0 Å². The average molecular weight is 278 g/mol. The second-order valence-electron chi connectivity index (χ2n) is 3.27. The maximum Gasteiger partial charge on any atom is 0.501 e. The molecule has 4 heteroatoms. The van der Waals surface area contributed by atoms with E-state index in [4.69, 9.17) is 9.07 Å². The quantitative estimate of drug-likeness (QED) is 0.524. The van der Waals surface area contributed by atoms with Crippen molar-refractivity contribution in [2.24, 2.45) is 5.92 Å². The Morgan fingerprint density at radius 2 is 2.00 bits per heavy atom. The molecule has 0 saturated carbocycles. The second-order valence-corrected chi connectivity index (χ2v) is 8.82. The summed E-state index contributed by atoms with van der Waals surface area (Å²) in [5.74, 6) is 0.828. The lowest BCUT2D eigenvalue weighted by atomic mass is 10.3. The molecule has 0 aliphatic heterocycles. The molecule has 0 heterocycles. The van der Waals surface area contributed by atoms with Crippen LogP contribution >= 0.6 is 22.0 Å². The molecule has 12 heavy (non-hydrogen) atoms. The molecule has 0 spiro atoms. The van der Waals surface area contributed by atoms with Crippen LogP contribution in [0.4, 0.5) is 0 Å². The van der Waals surface area contributed by atoms with Crippen LogP contribution in [0, 0.1) is 5.92 Å². The SMILES string of the molecule is CC(C)[CH2][Mg][Cl].CCC[CH2][Mg][Br]. The van der Waals surface area contributed by atoms with E-state index in [9.17, 15) is 0 Å². The first-order valence-electron chi connectivity index (χ1n) is 4.80. The molecule has 0 aromatic rings. The van der Waals surface area contributed by atoms with E-state index in [1.54, 1.807) is 0 Å². The van der Waals surface area contributed by atoms with Gasteiger partial charge in [0.25, 0.3) is 0 Å². The van der Waals surface area contributed by atoms with E-state index in [0.29, 0.717) is 0 Å². The number of halogens is 2. The zero-order chi connectivity index (χ0) is 9.82. The fraction of sp³-hybridized carbons (Fsp3) is 1.00. The van der Waals surface area contributed by atoms with Gasteiger partial charge in [0.05, 0.1) is 0 Å². The summed E-state index contributed by atoms with van der Waals surface area (Å²) < 4.78 is 2.75. The maximum atomic E-state index is 5.54. The van der Waals surface area contributed by atoms with Crippen LogP contribution in [0.3, 0.4) is 0 Å². The summed E-state index contributed by atoms with van der Waals surface area (Å²) >= 11 is 3.54. The fourth-order valence-corrected chi connectivity index (χ4v) is 4.19. The summed E-state index contributed by atoms with van der Waals surface area (Å²) in [5.41, 5.74) is 0. The molecule has 0 aliphatic rings. The summed E-state index contributed by atoms with van der Waals surface area (Å²) in [6.07, 6.45) is 2.79. The van der Waals surface area contributed by atoms with E-state index in [2.05, 4.69) is 33.7 Å². The molecule has 0 N–H and O–H groups in total. The van der Waals surface area contributed by atoms with Gasteiger partial charge in [-0.05, 0) is 0 Å². The Bertz CT molecular complexity index is 68.1. The van der Waals surface area contributed by atoms with Crippen molar-refractivity contribution < 1.29 is 0 Å². The summed E-state index contributed by atoms with van der Waals surface area (Å²) in [6.45, 7) is 6.64. The molecule has 0 saturated heterocycles. The molecule has 0 unspecified atom stereocenters. The standard InChI is InChI=1S/2C4H9.BrH.ClH.2Mg/c1-4(2)3;1-3-4-2;;;;/h4H,1H2,2-3H3;1,3-4H2,2H3;2*1H;;/q;;;;2*+1/p-2. The predicted molar refractivity (Wildman–Crippen MR) is 65.6 cm³/mol. The third-order valence-corrected chi connectivity index (χ3v) is 5.90. The topological polar surface area (TPSA) is 0 Å². The molecule has 0 radical (unpaired) electrons. The molecular formula is C8H18BrClMg2. The highest BCUT2D eigenvalue weighted by Gasteiger charge is 1.92. The van der Waals surface area contributed by atoms with Gasteiger partial charge in [-0.25, -0.2) is 0 Å². The third kappa shape index (κ3) is 22.8. The van der Waals surface area contributed by atoms with Gasteiger partial charge in [0, 0.05) is 0 Å². The minimum absolute atomic E-state index is 0.161. The van der Waals surface area contributed by atoms with E-state index in [0.717, 1.165) is 5.92 Å². The number of unbranched alkanes of at least 4 members (excludes halogenated alkanes) is 1. The van der Waals surface area contributed by atoms with Gasteiger partial charge in [0.2, 0.25) is 0 Å². The lowest BCUT2D eigenvalue weighted by molar-refractivity contribution is 0.734. The van der Waals surface area contributed by atoms with Gasteiger partial charge in [0.1, 0.15) is 0 Å². The van der Waals surface area contributed by atoms with Crippen molar-refractivity contribution in [3.05, 3.63) is 0 Å². The van der Waals surface area contributed by atoms with Crippen LogP contribution in [0.15, 0.2) is 0 Å². The Hall–Kier alpha value is 2.30. The fourth-order valence-electron chi connectivity index (χ4n) is 0.563. The monoisotopic (exact) mass is 276 g/mol. The van der Waals surface area contributed by atoms with Crippen LogP contribution in [-0.4, -0.2) is 37.5 Å². The van der Waals surface area contributed by atoms with Crippen LogP contribution in [0.2, 0.25) is 9.10 Å². The molecule has 0 rings (SSSR count). The number of hydrogen-bond acceptors (Lipinski definition) is 0. The van der Waals surface area contributed by atoms with Crippen LogP contribution in [0.25, 0.3) is 0 Å². The van der Waals surface area contributed by atoms with Gasteiger partial charge in [-0.15, -0.1) is 9.10 Å². The van der Waals surface area contributed by atoms with Crippen molar-refractivity contribution in [3.8, 4) is 0 Å². The molecule has 0 fully saturated rings. The molecule has 68 valence electrons. The van der Waals surface area contributed by atoms with Gasteiger partial charge in [0.15, 0.2) is 0 Å². The van der Waals surface area contributed by atoms with E-state index in [-0.39, 0.29) is 37.5 Å². The molecular weight excluding hydrogens is 260 g/mol. The van der Waals surface area contributed by atoms with Gasteiger partial charge in [-0.2, -0.15) is 0 Å². The van der Waals surface area contributed by atoms with Crippen LogP contribution in [0.1, 0.15) is 33.6 Å². The Morgan fingerprint density at radius 3 is 2.08 bits per heavy atom. The number of hydrogen-bond donors (Lipinski definition) is 0. The van der Waals surface area contributed by atoms with Gasteiger partial charge in [-0.3, -0.25) is 0 Å². The van der Waals surface area contributed by atoms with E-state index >= 15 is 0 Å². The van der Waals surface area contributed by atoms with Gasteiger partial charge < -0.3 is 22.0 Å². The first-order valence-corrected chi connectivity index (χ1v) is 12.8. The van der Waals surface area contributed by atoms with Crippen molar-refractivity contribution in [2.45, 2.75) is 42.7 Å². The highest BCUT2D eigenvalue weighted by Crippen LogP contribution is 1.98. The molecule has 0 atom stereocenters. The lowest BCUT2D eigenvalue weighted by Gasteiger charge is -1.93. The highest BCUT2D eigenvalue weighted by atomic mass is 79.9. The Kier molecular flexibility index (Phi) is 22.0. The summed E-state index contributed by atoms with van der Waals surface area (Å²) in [5, 5.41) is 0. The summed E-state index contributed by atoms with van der Waals surface area (Å²) in [6, 6.07) is 0. The van der Waals surface area contributed by atoms with E-state index in [1.807, 2.05) is 0 Å². The van der Waals surface area contributed by atoms with Crippen molar-refractivity contribution >= 4 is 59.4 Å². The molecule has 0 amide bonds. The predicted octanol–water partition coefficient (Wildman–Crippen LogP) is 4.14. The van der Waals surface area contributed by atoms with Gasteiger partial charge >= 0.3 is 37.5 Å². The van der Waals surface area contributed by atoms with Crippen molar-refractivity contribution in [1.82, 2.24) is 0 Å². The second kappa shape index (κ2) is 15.8. The van der Waals surface area contributed by atoms with Crippen molar-refractivity contribution in [2.75, 3.05) is 0 Å². The third-order valence-electron chi connectivity index (χ3n) is 1.42. The Balaban J connectivity index is 0. The zero-order valence-electron chi connectivity index (χ0n) is 8.58. The zero-order valence-corrected chi connectivity index (χ0v) is 13.7. The summed E-state index contributed by atoms with van der Waals surface area (Å²) in [7, 11) is 5.54. The minimum Gasteiger partial charge on any atom is -0.346 e. The summed E-state index contributed by atoms with van der Waals surface area (Å²) in [4.78, 5) is 0. The minimum atomic E-state index is -0.161. The lowest BCUT2D eigenvalue weighted by Crippen LogP contribution is -1.86. The maximum absolute atomic E-state index is 5.54. The largest absolute Gasteiger partial charge is 0.501 e. The Morgan fingerprint density at radius 1 is 1.42 bits per heavy atom. The normalized spacial score (nSPS) is 8.17. The average Bonchev–Trinajstić information content (AvgIpc) is 2.02. The molecule has 0 aliphatic carbocycles. The molecule has 0 aromatic carbocycles. The first kappa shape index (κ1) is 16.7. The van der Waals surface area contributed by atoms with E-state index in [1.165, 1.54) is 21.9 Å². The van der Waals surface area contributed by atoms with Crippen LogP contribution in [0.5, 0.6) is 0 Å². The Labute approximate surface area is 107 Å². The van der Waals surface area contributed by atoms with Crippen molar-refractivity contribution in [1.29, 1.82) is 0 Å². The van der Waals surface area contributed by atoms with Gasteiger partial charge in [-0.1, -0.05) is 39.5 Å². The molecule has 0 nitrogen and oxygen atoms in total.